The van der Waals surface area contributed by atoms with Crippen LogP contribution in [0.25, 0.3) is 0 Å². The number of methoxy groups -OCH3 is 2. The van der Waals surface area contributed by atoms with Gasteiger partial charge in [-0.2, -0.15) is 0 Å². The fourth-order valence-corrected chi connectivity index (χ4v) is 2.19. The van der Waals surface area contributed by atoms with Gasteiger partial charge < -0.3 is 19.5 Å². The molecule has 1 N–H and O–H groups in total. The van der Waals surface area contributed by atoms with Gasteiger partial charge in [0, 0.05) is 17.7 Å². The van der Waals surface area contributed by atoms with Gasteiger partial charge >= 0.3 is 5.69 Å². The van der Waals surface area contributed by atoms with Gasteiger partial charge in [0.15, 0.2) is 5.75 Å². The van der Waals surface area contributed by atoms with Gasteiger partial charge in [-0.1, -0.05) is 0 Å². The summed E-state index contributed by atoms with van der Waals surface area (Å²) in [4.78, 5) is 23.0. The molecule has 0 spiro atoms. The quantitative estimate of drug-likeness (QED) is 0.610. The second-order valence-corrected chi connectivity index (χ2v) is 4.89. The van der Waals surface area contributed by atoms with Crippen LogP contribution in [-0.2, 0) is 0 Å². The summed E-state index contributed by atoms with van der Waals surface area (Å²) in [5.41, 5.74) is 0.246. The molecule has 0 aliphatic heterocycles. The van der Waals surface area contributed by atoms with Crippen LogP contribution in [0.15, 0.2) is 36.4 Å². The number of rotatable bonds is 7. The lowest BCUT2D eigenvalue weighted by molar-refractivity contribution is -0.385. The molecule has 0 saturated heterocycles. The lowest BCUT2D eigenvalue weighted by Crippen LogP contribution is -2.13. The SMILES string of the molecule is CCOc1ccc(C(=O)Nc2cc(OC)ccc2OC)cc1[N+](=O)[O-]. The summed E-state index contributed by atoms with van der Waals surface area (Å²) >= 11 is 0. The highest BCUT2D eigenvalue weighted by molar-refractivity contribution is 6.05. The maximum Gasteiger partial charge on any atom is 0.311 e. The Morgan fingerprint density at radius 3 is 2.44 bits per heavy atom. The number of ether oxygens (including phenoxy) is 3. The van der Waals surface area contributed by atoms with E-state index in [-0.39, 0.29) is 23.6 Å². The summed E-state index contributed by atoms with van der Waals surface area (Å²) in [6.07, 6.45) is 0. The number of nitrogens with one attached hydrogen (secondary N) is 1. The fourth-order valence-electron chi connectivity index (χ4n) is 2.19. The number of nitro benzene ring substituents is 1. The Bertz CT molecular complexity index is 791. The van der Waals surface area contributed by atoms with E-state index in [0.29, 0.717) is 17.2 Å². The molecule has 0 atom stereocenters. The first kappa shape index (κ1) is 18.1. The number of carbonyl (C=O) groups is 1. The Morgan fingerprint density at radius 1 is 1.12 bits per heavy atom. The van der Waals surface area contributed by atoms with E-state index in [0.717, 1.165) is 0 Å². The van der Waals surface area contributed by atoms with Crippen molar-refractivity contribution < 1.29 is 23.9 Å². The van der Waals surface area contributed by atoms with Crippen molar-refractivity contribution in [3.05, 3.63) is 52.1 Å². The smallest absolute Gasteiger partial charge is 0.311 e. The predicted octanol–water partition coefficient (Wildman–Crippen LogP) is 3.26. The van der Waals surface area contributed by atoms with E-state index in [2.05, 4.69) is 5.32 Å². The average Bonchev–Trinajstić information content (AvgIpc) is 2.61. The van der Waals surface area contributed by atoms with Crippen LogP contribution in [0.3, 0.4) is 0 Å². The summed E-state index contributed by atoms with van der Waals surface area (Å²) in [6.45, 7) is 2.01. The zero-order valence-corrected chi connectivity index (χ0v) is 14.1. The Balaban J connectivity index is 2.32. The second kappa shape index (κ2) is 8.00. The van der Waals surface area contributed by atoms with Crippen LogP contribution in [0.1, 0.15) is 17.3 Å². The van der Waals surface area contributed by atoms with Crippen molar-refractivity contribution in [2.75, 3.05) is 26.1 Å². The maximum absolute atomic E-state index is 12.5. The van der Waals surface area contributed by atoms with Crippen LogP contribution in [0.5, 0.6) is 17.2 Å². The van der Waals surface area contributed by atoms with Crippen molar-refractivity contribution in [3.8, 4) is 17.2 Å². The number of hydrogen-bond acceptors (Lipinski definition) is 6. The molecule has 0 fully saturated rings. The summed E-state index contributed by atoms with van der Waals surface area (Å²) in [5, 5.41) is 13.8. The largest absolute Gasteiger partial charge is 0.497 e. The third kappa shape index (κ3) is 4.17. The highest BCUT2D eigenvalue weighted by Gasteiger charge is 2.19. The van der Waals surface area contributed by atoms with Crippen LogP contribution in [0.2, 0.25) is 0 Å². The molecular formula is C17H18N2O6. The predicted molar refractivity (Wildman–Crippen MR) is 91.8 cm³/mol. The van der Waals surface area contributed by atoms with Gasteiger partial charge in [-0.05, 0) is 31.2 Å². The molecular weight excluding hydrogens is 328 g/mol. The molecule has 0 heterocycles. The van der Waals surface area contributed by atoms with Gasteiger partial charge in [-0.3, -0.25) is 14.9 Å². The monoisotopic (exact) mass is 346 g/mol. The highest BCUT2D eigenvalue weighted by Crippen LogP contribution is 2.31. The molecule has 0 saturated carbocycles. The van der Waals surface area contributed by atoms with Gasteiger partial charge in [0.1, 0.15) is 11.5 Å². The normalized spacial score (nSPS) is 10.0. The van der Waals surface area contributed by atoms with Crippen LogP contribution < -0.4 is 19.5 Å². The molecule has 0 aliphatic carbocycles. The Hall–Kier alpha value is -3.29. The molecule has 1 amide bonds. The average molecular weight is 346 g/mol. The van der Waals surface area contributed by atoms with E-state index < -0.39 is 10.8 Å². The minimum absolute atomic E-state index is 0.114. The Morgan fingerprint density at radius 2 is 1.84 bits per heavy atom. The first-order chi connectivity index (χ1) is 12.0. The van der Waals surface area contributed by atoms with Crippen LogP contribution >= 0.6 is 0 Å². The number of anilines is 1. The molecule has 2 aromatic rings. The number of nitro groups is 1. The number of amides is 1. The van der Waals surface area contributed by atoms with Gasteiger partial charge in [-0.25, -0.2) is 0 Å². The molecule has 2 aromatic carbocycles. The minimum atomic E-state index is -0.589. The summed E-state index contributed by atoms with van der Waals surface area (Å²) in [6, 6.07) is 8.97. The minimum Gasteiger partial charge on any atom is -0.497 e. The van der Waals surface area contributed by atoms with Crippen molar-refractivity contribution in [2.45, 2.75) is 6.92 Å². The number of benzene rings is 2. The zero-order valence-electron chi connectivity index (χ0n) is 14.1. The van der Waals surface area contributed by atoms with Gasteiger partial charge in [0.25, 0.3) is 5.91 Å². The van der Waals surface area contributed by atoms with E-state index in [1.165, 1.54) is 32.4 Å². The standard InChI is InChI=1S/C17H18N2O6/c1-4-25-16-7-5-11(9-14(16)19(21)22)17(20)18-13-10-12(23-2)6-8-15(13)24-3/h5-10H,4H2,1-3H3,(H,18,20). The van der Waals surface area contributed by atoms with Crippen molar-refractivity contribution in [2.24, 2.45) is 0 Å². The van der Waals surface area contributed by atoms with Crippen molar-refractivity contribution in [3.63, 3.8) is 0 Å². The summed E-state index contributed by atoms with van der Waals surface area (Å²) < 4.78 is 15.5. The lowest BCUT2D eigenvalue weighted by Gasteiger charge is -2.12. The van der Waals surface area contributed by atoms with E-state index in [1.54, 1.807) is 25.1 Å². The first-order valence-corrected chi connectivity index (χ1v) is 7.44. The third-order valence-corrected chi connectivity index (χ3v) is 3.37. The molecule has 132 valence electrons. The molecule has 0 radical (unpaired) electrons. The summed E-state index contributed by atoms with van der Waals surface area (Å²) in [7, 11) is 2.97. The van der Waals surface area contributed by atoms with Crippen LogP contribution in [-0.4, -0.2) is 31.7 Å². The molecule has 2 rings (SSSR count). The lowest BCUT2D eigenvalue weighted by atomic mass is 10.1. The maximum atomic E-state index is 12.5. The molecule has 8 nitrogen and oxygen atoms in total. The molecule has 0 aliphatic rings. The topological polar surface area (TPSA) is 99.9 Å². The second-order valence-electron chi connectivity index (χ2n) is 4.89. The fraction of sp³-hybridized carbons (Fsp3) is 0.235. The van der Waals surface area contributed by atoms with Crippen molar-refractivity contribution >= 4 is 17.3 Å². The summed E-state index contributed by atoms with van der Waals surface area (Å²) in [5.74, 6) is 0.573. The zero-order chi connectivity index (χ0) is 18.4. The number of carbonyl (C=O) groups excluding carboxylic acids is 1. The van der Waals surface area contributed by atoms with E-state index in [9.17, 15) is 14.9 Å². The van der Waals surface area contributed by atoms with E-state index in [4.69, 9.17) is 14.2 Å². The number of hydrogen-bond donors (Lipinski definition) is 1. The third-order valence-electron chi connectivity index (χ3n) is 3.37. The molecule has 25 heavy (non-hydrogen) atoms. The van der Waals surface area contributed by atoms with Gasteiger partial charge in [0.05, 0.1) is 31.4 Å². The van der Waals surface area contributed by atoms with Crippen molar-refractivity contribution in [1.82, 2.24) is 0 Å². The van der Waals surface area contributed by atoms with E-state index in [1.807, 2.05) is 0 Å². The Labute approximate surface area is 144 Å². The number of nitrogens with zero attached hydrogens (tertiary/aromatic N) is 1. The molecule has 0 bridgehead atoms. The molecule has 0 aromatic heterocycles. The van der Waals surface area contributed by atoms with Gasteiger partial charge in [0.2, 0.25) is 0 Å². The van der Waals surface area contributed by atoms with Gasteiger partial charge in [-0.15, -0.1) is 0 Å². The Kier molecular flexibility index (Phi) is 5.78. The van der Waals surface area contributed by atoms with Crippen LogP contribution in [0, 0.1) is 10.1 Å². The molecule has 8 heteroatoms. The molecule has 0 unspecified atom stereocenters. The first-order valence-electron chi connectivity index (χ1n) is 7.44. The highest BCUT2D eigenvalue weighted by atomic mass is 16.6. The van der Waals surface area contributed by atoms with Crippen LogP contribution in [0.4, 0.5) is 11.4 Å². The van der Waals surface area contributed by atoms with E-state index >= 15 is 0 Å². The van der Waals surface area contributed by atoms with Crippen molar-refractivity contribution in [1.29, 1.82) is 0 Å².